The van der Waals surface area contributed by atoms with Crippen LogP contribution in [0.1, 0.15) is 41.0 Å². The Balaban J connectivity index is 0.900. The summed E-state index contributed by atoms with van der Waals surface area (Å²) < 4.78 is 0. The molecule has 290 valence electrons. The first-order chi connectivity index (χ1) is 30.7. The molecule has 0 saturated carbocycles. The molecule has 62 heavy (non-hydrogen) atoms. The van der Waals surface area contributed by atoms with Crippen LogP contribution >= 0.6 is 0 Å². The van der Waals surface area contributed by atoms with Gasteiger partial charge >= 0.3 is 0 Å². The number of para-hydroxylation sites is 1. The summed E-state index contributed by atoms with van der Waals surface area (Å²) in [5.41, 5.74) is 16.1. The average molecular weight is 790 g/mol. The minimum absolute atomic E-state index is 0.204. The highest BCUT2D eigenvalue weighted by molar-refractivity contribution is 6.26. The maximum atomic E-state index is 5.41. The van der Waals surface area contributed by atoms with Gasteiger partial charge in [0.1, 0.15) is 0 Å². The smallest absolute Gasteiger partial charge is 0.0972 e. The van der Waals surface area contributed by atoms with Crippen LogP contribution in [0, 0.1) is 5.92 Å². The largest absolute Gasteiger partial charge is 0.252 e. The standard InChI is InChI=1S/C59H39N3/c1-2-12-37(13-3-1)53-31-26-38-21-22-39-27-32-54(61-59(39)58(38)60-53)42-25-29-48-47-28-24-41(34-51(47)45-17-6-7-18-46(45)52(48)35-42)40-14-10-15-43(33-40)57-50-30-23-36-11-4-5-16-44(36)56(50)49-19-8-9-20-55(49)62-57/h1-9,11-14,16-35,50,56H,10,15H2. The first-order valence-electron chi connectivity index (χ1n) is 21.7. The van der Waals surface area contributed by atoms with E-state index in [1.54, 1.807) is 0 Å². The van der Waals surface area contributed by atoms with Crippen molar-refractivity contribution in [2.24, 2.45) is 10.9 Å². The molecule has 0 saturated heterocycles. The third-order valence-electron chi connectivity index (χ3n) is 13.5. The molecule has 0 radical (unpaired) electrons. The van der Waals surface area contributed by atoms with E-state index >= 15 is 0 Å². The van der Waals surface area contributed by atoms with E-state index in [0.717, 1.165) is 62.8 Å². The number of nitrogens with zero attached hydrogens (tertiary/aromatic N) is 3. The van der Waals surface area contributed by atoms with E-state index in [1.165, 1.54) is 71.4 Å². The van der Waals surface area contributed by atoms with Crippen molar-refractivity contribution in [1.29, 1.82) is 0 Å². The molecule has 0 spiro atoms. The number of hydrogen-bond donors (Lipinski definition) is 0. The van der Waals surface area contributed by atoms with Crippen LogP contribution in [0.4, 0.5) is 5.69 Å². The van der Waals surface area contributed by atoms with Crippen LogP contribution in [-0.4, -0.2) is 15.7 Å². The molecule has 0 amide bonds. The summed E-state index contributed by atoms with van der Waals surface area (Å²) in [6.45, 7) is 0. The van der Waals surface area contributed by atoms with Gasteiger partial charge in [0, 0.05) is 33.7 Å². The molecule has 2 aliphatic carbocycles. The van der Waals surface area contributed by atoms with E-state index in [9.17, 15) is 0 Å². The van der Waals surface area contributed by atoms with Crippen LogP contribution in [0.25, 0.3) is 88.3 Å². The van der Waals surface area contributed by atoms with Crippen molar-refractivity contribution in [2.75, 3.05) is 0 Å². The monoisotopic (exact) mass is 789 g/mol. The molecule has 0 N–H and O–H groups in total. The maximum absolute atomic E-state index is 5.41. The Labute approximate surface area is 359 Å². The summed E-state index contributed by atoms with van der Waals surface area (Å²) in [5.74, 6) is 0.466. The Hall–Kier alpha value is -7.75. The van der Waals surface area contributed by atoms with Crippen LogP contribution in [0.3, 0.4) is 0 Å². The molecule has 3 heteroatoms. The fourth-order valence-electron chi connectivity index (χ4n) is 10.5. The molecule has 3 nitrogen and oxygen atoms in total. The first kappa shape index (κ1) is 35.0. The Morgan fingerprint density at radius 3 is 1.82 bits per heavy atom. The third kappa shape index (κ3) is 5.55. The van der Waals surface area contributed by atoms with Crippen LogP contribution in [0.5, 0.6) is 0 Å². The number of pyridine rings is 2. The molecule has 10 aromatic rings. The lowest BCUT2D eigenvalue weighted by Gasteiger charge is -2.36. The van der Waals surface area contributed by atoms with Crippen molar-refractivity contribution < 1.29 is 0 Å². The van der Waals surface area contributed by atoms with E-state index in [0.29, 0.717) is 0 Å². The van der Waals surface area contributed by atoms with Crippen molar-refractivity contribution in [1.82, 2.24) is 9.97 Å². The lowest BCUT2D eigenvalue weighted by molar-refractivity contribution is 0.696. The van der Waals surface area contributed by atoms with Gasteiger partial charge in [-0.1, -0.05) is 164 Å². The zero-order valence-electron chi connectivity index (χ0n) is 34.0. The second-order valence-corrected chi connectivity index (χ2v) is 16.9. The molecular weight excluding hydrogens is 751 g/mol. The first-order valence-corrected chi connectivity index (χ1v) is 21.7. The number of allylic oxidation sites excluding steroid dienone is 5. The Kier molecular flexibility index (Phi) is 7.86. The predicted molar refractivity (Wildman–Crippen MR) is 260 cm³/mol. The Morgan fingerprint density at radius 2 is 1.06 bits per heavy atom. The minimum Gasteiger partial charge on any atom is -0.252 e. The second kappa shape index (κ2) is 13.9. The quantitative estimate of drug-likeness (QED) is 0.167. The average Bonchev–Trinajstić information content (AvgIpc) is 3.35. The van der Waals surface area contributed by atoms with Gasteiger partial charge in [-0.25, -0.2) is 9.97 Å². The van der Waals surface area contributed by atoms with E-state index in [-0.39, 0.29) is 11.8 Å². The lowest BCUT2D eigenvalue weighted by atomic mass is 9.69. The van der Waals surface area contributed by atoms with Crippen molar-refractivity contribution in [3.05, 3.63) is 222 Å². The van der Waals surface area contributed by atoms with Gasteiger partial charge in [-0.05, 0) is 115 Å². The van der Waals surface area contributed by atoms with E-state index in [4.69, 9.17) is 15.0 Å². The highest BCUT2D eigenvalue weighted by Crippen LogP contribution is 2.49. The molecule has 0 fully saturated rings. The SMILES string of the molecule is C1=CC2C(C3=CC(c4ccc5c6ccc(-c7ccc8ccc9ccc(-c%10ccccc%10)nc9c8n7)cc6c6ccccc6c5c4)=CCC3)=Nc3ccccc3C2c2ccccc21. The summed E-state index contributed by atoms with van der Waals surface area (Å²) in [5, 5.41) is 9.67. The zero-order chi connectivity index (χ0) is 40.7. The summed E-state index contributed by atoms with van der Waals surface area (Å²) in [6.07, 6.45) is 11.5. The van der Waals surface area contributed by atoms with Gasteiger partial charge in [0.05, 0.1) is 33.8 Å². The number of aromatic nitrogens is 2. The van der Waals surface area contributed by atoms with Gasteiger partial charge in [-0.2, -0.15) is 0 Å². The highest BCUT2D eigenvalue weighted by Gasteiger charge is 2.37. The van der Waals surface area contributed by atoms with E-state index in [2.05, 4.69) is 194 Å². The summed E-state index contributed by atoms with van der Waals surface area (Å²) in [4.78, 5) is 15.9. The molecule has 3 aliphatic rings. The highest BCUT2D eigenvalue weighted by atomic mass is 14.8. The van der Waals surface area contributed by atoms with Gasteiger partial charge in [0.25, 0.3) is 0 Å². The summed E-state index contributed by atoms with van der Waals surface area (Å²) in [7, 11) is 0. The number of benzene rings is 8. The molecule has 2 aromatic heterocycles. The van der Waals surface area contributed by atoms with Crippen molar-refractivity contribution in [3.8, 4) is 22.5 Å². The molecule has 2 atom stereocenters. The molecule has 2 unspecified atom stereocenters. The number of rotatable bonds is 4. The second-order valence-electron chi connectivity index (χ2n) is 16.9. The molecule has 13 rings (SSSR count). The summed E-state index contributed by atoms with van der Waals surface area (Å²) >= 11 is 0. The third-order valence-corrected chi connectivity index (χ3v) is 13.5. The molecule has 1 aliphatic heterocycles. The van der Waals surface area contributed by atoms with Gasteiger partial charge in [-0.3, -0.25) is 4.99 Å². The van der Waals surface area contributed by atoms with Gasteiger partial charge in [0.15, 0.2) is 0 Å². The fraction of sp³-hybridized carbons (Fsp3) is 0.0678. The van der Waals surface area contributed by atoms with Crippen LogP contribution in [0.2, 0.25) is 0 Å². The zero-order valence-corrected chi connectivity index (χ0v) is 34.0. The Morgan fingerprint density at radius 1 is 0.468 bits per heavy atom. The van der Waals surface area contributed by atoms with Crippen LogP contribution < -0.4 is 0 Å². The number of hydrogen-bond acceptors (Lipinski definition) is 3. The van der Waals surface area contributed by atoms with Crippen LogP contribution in [0.15, 0.2) is 205 Å². The molecule has 0 bridgehead atoms. The number of aliphatic imine (C=N–C) groups is 1. The topological polar surface area (TPSA) is 38.1 Å². The van der Waals surface area contributed by atoms with Crippen LogP contribution in [-0.2, 0) is 0 Å². The molecule has 3 heterocycles. The van der Waals surface area contributed by atoms with Gasteiger partial charge < -0.3 is 0 Å². The van der Waals surface area contributed by atoms with Crippen molar-refractivity contribution >= 4 is 77.2 Å². The van der Waals surface area contributed by atoms with Gasteiger partial charge in [-0.15, -0.1) is 0 Å². The van der Waals surface area contributed by atoms with Crippen molar-refractivity contribution in [3.63, 3.8) is 0 Å². The summed E-state index contributed by atoms with van der Waals surface area (Å²) in [6, 6.07) is 63.7. The Bertz CT molecular complexity index is 3630. The minimum atomic E-state index is 0.204. The van der Waals surface area contributed by atoms with E-state index in [1.807, 2.05) is 6.07 Å². The van der Waals surface area contributed by atoms with Crippen molar-refractivity contribution in [2.45, 2.75) is 18.8 Å². The molecule has 8 aromatic carbocycles. The number of fused-ring (bicyclic) bond motifs is 14. The fourth-order valence-corrected chi connectivity index (χ4v) is 10.5. The predicted octanol–water partition coefficient (Wildman–Crippen LogP) is 15.2. The normalized spacial score (nSPS) is 16.8. The van der Waals surface area contributed by atoms with Gasteiger partial charge in [0.2, 0.25) is 0 Å². The van der Waals surface area contributed by atoms with E-state index < -0.39 is 0 Å². The maximum Gasteiger partial charge on any atom is 0.0972 e. The lowest BCUT2D eigenvalue weighted by Crippen LogP contribution is -2.29. The molecular formula is C59H39N3.